The van der Waals surface area contributed by atoms with Crippen molar-refractivity contribution >= 4 is 52.3 Å². The van der Waals surface area contributed by atoms with Crippen LogP contribution in [0.2, 0.25) is 10.0 Å². The Labute approximate surface area is 202 Å². The van der Waals surface area contributed by atoms with Crippen molar-refractivity contribution in [3.8, 4) is 5.75 Å². The number of carbonyl (C=O) groups excluding carboxylic acids is 2. The third kappa shape index (κ3) is 6.21. The number of anilines is 2. The third-order valence-corrected chi connectivity index (χ3v) is 4.79. The van der Waals surface area contributed by atoms with Gasteiger partial charge in [0, 0.05) is 10.6 Å². The van der Waals surface area contributed by atoms with Crippen molar-refractivity contribution in [1.82, 2.24) is 20.8 Å². The Kier molecular flexibility index (Phi) is 8.01. The molecule has 0 aliphatic carbocycles. The standard InChI is InChI=1S/C20H17Cl2N7O5/c1-11-4-2-3-5-13(11)20(31)28-27-19-17(29(32)33)18(23-10-24-19)26-25-16(30)9-34-15-7-6-12(21)8-14(15)22/h2-8,10H,9H2,1H3,(H,25,30)(H,28,31)(H2,23,24,26,27). The highest BCUT2D eigenvalue weighted by Crippen LogP contribution is 2.28. The van der Waals surface area contributed by atoms with E-state index in [0.29, 0.717) is 16.1 Å². The molecule has 4 N–H and O–H groups in total. The van der Waals surface area contributed by atoms with Crippen molar-refractivity contribution in [3.05, 3.63) is 80.1 Å². The molecule has 0 bridgehead atoms. The lowest BCUT2D eigenvalue weighted by Gasteiger charge is -2.12. The lowest BCUT2D eigenvalue weighted by molar-refractivity contribution is -0.383. The minimum Gasteiger partial charge on any atom is -0.482 e. The fraction of sp³-hybridized carbons (Fsp3) is 0.100. The van der Waals surface area contributed by atoms with Gasteiger partial charge in [-0.05, 0) is 36.8 Å². The van der Waals surface area contributed by atoms with Crippen molar-refractivity contribution in [3.63, 3.8) is 0 Å². The summed E-state index contributed by atoms with van der Waals surface area (Å²) in [5.41, 5.74) is 9.80. The number of benzene rings is 2. The number of hydrogen-bond donors (Lipinski definition) is 4. The molecule has 3 aromatic rings. The second-order valence-corrected chi connectivity index (χ2v) is 7.45. The summed E-state index contributed by atoms with van der Waals surface area (Å²) in [5, 5.41) is 12.2. The van der Waals surface area contributed by atoms with Gasteiger partial charge in [-0.3, -0.25) is 41.4 Å². The Bertz CT molecular complexity index is 1240. The lowest BCUT2D eigenvalue weighted by Crippen LogP contribution is -2.35. The summed E-state index contributed by atoms with van der Waals surface area (Å²) < 4.78 is 5.29. The fourth-order valence-electron chi connectivity index (χ4n) is 2.65. The molecule has 0 spiro atoms. The van der Waals surface area contributed by atoms with E-state index in [1.165, 1.54) is 18.2 Å². The molecule has 34 heavy (non-hydrogen) atoms. The monoisotopic (exact) mass is 505 g/mol. The van der Waals surface area contributed by atoms with E-state index < -0.39 is 29.0 Å². The topological polar surface area (TPSA) is 160 Å². The first-order valence-corrected chi connectivity index (χ1v) is 10.3. The molecule has 0 saturated heterocycles. The first kappa shape index (κ1) is 24.5. The number of aryl methyl sites for hydroxylation is 1. The molecule has 0 atom stereocenters. The molecule has 12 nitrogen and oxygen atoms in total. The van der Waals surface area contributed by atoms with E-state index in [1.807, 2.05) is 0 Å². The van der Waals surface area contributed by atoms with Crippen LogP contribution in [0.3, 0.4) is 0 Å². The lowest BCUT2D eigenvalue weighted by atomic mass is 10.1. The minimum atomic E-state index is -0.777. The molecule has 0 aliphatic heterocycles. The average Bonchev–Trinajstić information content (AvgIpc) is 2.80. The number of nitro groups is 1. The molecule has 1 heterocycles. The smallest absolute Gasteiger partial charge is 0.356 e. The second kappa shape index (κ2) is 11.1. The van der Waals surface area contributed by atoms with E-state index in [0.717, 1.165) is 6.33 Å². The summed E-state index contributed by atoms with van der Waals surface area (Å²) in [6.07, 6.45) is 1.01. The molecular formula is C20H17Cl2N7O5. The van der Waals surface area contributed by atoms with E-state index >= 15 is 0 Å². The van der Waals surface area contributed by atoms with Crippen LogP contribution in [0.25, 0.3) is 0 Å². The van der Waals surface area contributed by atoms with Crippen molar-refractivity contribution in [1.29, 1.82) is 0 Å². The number of nitrogens with zero attached hydrogens (tertiary/aromatic N) is 3. The zero-order valence-corrected chi connectivity index (χ0v) is 19.0. The van der Waals surface area contributed by atoms with Crippen LogP contribution in [0.4, 0.5) is 17.3 Å². The highest BCUT2D eigenvalue weighted by atomic mass is 35.5. The first-order valence-electron chi connectivity index (χ1n) is 9.50. The van der Waals surface area contributed by atoms with E-state index in [4.69, 9.17) is 27.9 Å². The van der Waals surface area contributed by atoms with E-state index in [-0.39, 0.29) is 22.4 Å². The molecule has 0 radical (unpaired) electrons. The van der Waals surface area contributed by atoms with Gasteiger partial charge in [0.25, 0.3) is 11.8 Å². The normalized spacial score (nSPS) is 10.2. The predicted molar refractivity (Wildman–Crippen MR) is 125 cm³/mol. The summed E-state index contributed by atoms with van der Waals surface area (Å²) in [7, 11) is 0. The van der Waals surface area contributed by atoms with Crippen LogP contribution in [0.1, 0.15) is 15.9 Å². The number of rotatable bonds is 9. The van der Waals surface area contributed by atoms with Crippen LogP contribution in [0, 0.1) is 17.0 Å². The van der Waals surface area contributed by atoms with Gasteiger partial charge >= 0.3 is 5.69 Å². The summed E-state index contributed by atoms with van der Waals surface area (Å²) in [6.45, 7) is 1.29. The zero-order valence-electron chi connectivity index (χ0n) is 17.5. The van der Waals surface area contributed by atoms with E-state index in [1.54, 1.807) is 31.2 Å². The van der Waals surface area contributed by atoms with Gasteiger partial charge in [0.1, 0.15) is 12.1 Å². The Morgan fingerprint density at radius 2 is 1.74 bits per heavy atom. The van der Waals surface area contributed by atoms with Crippen LogP contribution in [-0.2, 0) is 4.79 Å². The SMILES string of the molecule is Cc1ccccc1C(=O)NNc1ncnc(NNC(=O)COc2ccc(Cl)cc2Cl)c1[N+](=O)[O-]. The zero-order chi connectivity index (χ0) is 24.7. The molecule has 1 aromatic heterocycles. The van der Waals surface area contributed by atoms with Gasteiger partial charge in [-0.25, -0.2) is 9.97 Å². The second-order valence-electron chi connectivity index (χ2n) is 6.61. The van der Waals surface area contributed by atoms with Crippen molar-refractivity contribution in [2.24, 2.45) is 0 Å². The van der Waals surface area contributed by atoms with E-state index in [9.17, 15) is 19.7 Å². The number of carbonyl (C=O) groups is 2. The Hall–Kier alpha value is -4.16. The van der Waals surface area contributed by atoms with Gasteiger partial charge in [0.05, 0.1) is 9.95 Å². The summed E-state index contributed by atoms with van der Waals surface area (Å²) in [5.74, 6) is -1.60. The maximum absolute atomic E-state index is 12.4. The Morgan fingerprint density at radius 1 is 1.06 bits per heavy atom. The number of hydrogen-bond acceptors (Lipinski definition) is 9. The summed E-state index contributed by atoms with van der Waals surface area (Å²) >= 11 is 11.8. The van der Waals surface area contributed by atoms with Crippen molar-refractivity contribution < 1.29 is 19.2 Å². The molecule has 2 amide bonds. The van der Waals surface area contributed by atoms with Gasteiger partial charge in [-0.2, -0.15) is 0 Å². The largest absolute Gasteiger partial charge is 0.482 e. The van der Waals surface area contributed by atoms with Crippen molar-refractivity contribution in [2.75, 3.05) is 17.5 Å². The molecule has 3 rings (SSSR count). The Morgan fingerprint density at radius 3 is 2.38 bits per heavy atom. The van der Waals surface area contributed by atoms with Crippen LogP contribution in [0.15, 0.2) is 48.8 Å². The van der Waals surface area contributed by atoms with Gasteiger partial charge in [0.15, 0.2) is 6.61 Å². The van der Waals surface area contributed by atoms with Gasteiger partial charge < -0.3 is 4.74 Å². The molecule has 0 saturated carbocycles. The number of ether oxygens (including phenoxy) is 1. The van der Waals surface area contributed by atoms with Crippen LogP contribution < -0.4 is 26.4 Å². The Balaban J connectivity index is 1.64. The molecule has 14 heteroatoms. The summed E-state index contributed by atoms with van der Waals surface area (Å²) in [6, 6.07) is 11.3. The number of hydrazine groups is 2. The quantitative estimate of drug-likeness (QED) is 0.252. The maximum Gasteiger partial charge on any atom is 0.356 e. The molecule has 176 valence electrons. The fourth-order valence-corrected chi connectivity index (χ4v) is 3.11. The molecular weight excluding hydrogens is 489 g/mol. The number of aromatic nitrogens is 2. The summed E-state index contributed by atoms with van der Waals surface area (Å²) in [4.78, 5) is 42.8. The van der Waals surface area contributed by atoms with Gasteiger partial charge in [-0.15, -0.1) is 0 Å². The average molecular weight is 506 g/mol. The van der Waals surface area contributed by atoms with Crippen molar-refractivity contribution in [2.45, 2.75) is 6.92 Å². The third-order valence-electron chi connectivity index (χ3n) is 4.26. The number of halogens is 2. The van der Waals surface area contributed by atoms with E-state index in [2.05, 4.69) is 31.7 Å². The minimum absolute atomic E-state index is 0.211. The van der Waals surface area contributed by atoms with Gasteiger partial charge in [-0.1, -0.05) is 41.4 Å². The molecule has 2 aromatic carbocycles. The number of nitrogens with one attached hydrogen (secondary N) is 4. The highest BCUT2D eigenvalue weighted by Gasteiger charge is 2.24. The van der Waals surface area contributed by atoms with Crippen LogP contribution >= 0.6 is 23.2 Å². The highest BCUT2D eigenvalue weighted by molar-refractivity contribution is 6.35. The van der Waals surface area contributed by atoms with Crippen LogP contribution in [0.5, 0.6) is 5.75 Å². The van der Waals surface area contributed by atoms with Gasteiger partial charge in [0.2, 0.25) is 11.6 Å². The number of amides is 2. The van der Waals surface area contributed by atoms with Crippen LogP contribution in [-0.4, -0.2) is 33.3 Å². The maximum atomic E-state index is 12.4. The molecule has 0 unspecified atom stereocenters. The molecule has 0 fully saturated rings. The predicted octanol–water partition coefficient (Wildman–Crippen LogP) is 3.28. The first-order chi connectivity index (χ1) is 16.3. The molecule has 0 aliphatic rings.